The van der Waals surface area contributed by atoms with Crippen molar-refractivity contribution in [1.29, 1.82) is 0 Å². The molecule has 1 amide bonds. The Kier molecular flexibility index (Phi) is 13.0. The summed E-state index contributed by atoms with van der Waals surface area (Å²) in [5.74, 6) is 0.701. The molecule has 0 bridgehead atoms. The average molecular weight is 216 g/mol. The van der Waals surface area contributed by atoms with Crippen LogP contribution in [0.4, 0.5) is 4.79 Å². The van der Waals surface area contributed by atoms with Crippen molar-refractivity contribution in [1.82, 2.24) is 5.32 Å². The summed E-state index contributed by atoms with van der Waals surface area (Å²) in [6.07, 6.45) is 3.12. The van der Waals surface area contributed by atoms with Crippen LogP contribution in [0.5, 0.6) is 0 Å². The minimum Gasteiger partial charge on any atom is -0.465 e. The van der Waals surface area contributed by atoms with Crippen LogP contribution in [0.25, 0.3) is 0 Å². The zero-order valence-corrected chi connectivity index (χ0v) is 8.46. The summed E-state index contributed by atoms with van der Waals surface area (Å²) in [7, 11) is 0. The minimum absolute atomic E-state index is 0. The van der Waals surface area contributed by atoms with Gasteiger partial charge in [0.1, 0.15) is 0 Å². The first-order chi connectivity index (χ1) is 5.27. The molecule has 0 aliphatic heterocycles. The second kappa shape index (κ2) is 10.8. The molecule has 5 heteroatoms. The van der Waals surface area contributed by atoms with E-state index in [-0.39, 0.29) is 12.4 Å². The summed E-state index contributed by atoms with van der Waals surface area (Å²) < 4.78 is 0. The molecular weight excluding hydrogens is 201 g/mol. The lowest BCUT2D eigenvalue weighted by molar-refractivity contribution is 0.194. The Morgan fingerprint density at radius 3 is 2.33 bits per heavy atom. The van der Waals surface area contributed by atoms with E-state index in [0.717, 1.165) is 25.7 Å². The number of unbranched alkanes of at least 4 members (excludes halogenated alkanes) is 3. The summed E-state index contributed by atoms with van der Waals surface area (Å²) in [4.78, 5) is 9.96. The molecule has 0 aromatic heterocycles. The number of halogens is 2. The lowest BCUT2D eigenvalue weighted by Gasteiger charge is -1.99. The minimum atomic E-state index is -0.942. The standard InChI is InChI=1S/C7H14ClNO2.ClH/c8-5-3-1-2-4-6-9-7(10)11;/h9H,1-6H2,(H,10,11);1H. The van der Waals surface area contributed by atoms with Crippen molar-refractivity contribution >= 4 is 30.1 Å². The van der Waals surface area contributed by atoms with Gasteiger partial charge in [0.05, 0.1) is 0 Å². The molecule has 12 heavy (non-hydrogen) atoms. The summed E-state index contributed by atoms with van der Waals surface area (Å²) >= 11 is 5.46. The van der Waals surface area contributed by atoms with Gasteiger partial charge in [-0.1, -0.05) is 12.8 Å². The van der Waals surface area contributed by atoms with Crippen molar-refractivity contribution in [2.45, 2.75) is 25.7 Å². The molecule has 0 unspecified atom stereocenters. The number of rotatable bonds is 6. The van der Waals surface area contributed by atoms with Gasteiger partial charge in [0.25, 0.3) is 0 Å². The van der Waals surface area contributed by atoms with Crippen molar-refractivity contribution in [2.24, 2.45) is 0 Å². The summed E-state index contributed by atoms with van der Waals surface area (Å²) in [6.45, 7) is 0.553. The summed E-state index contributed by atoms with van der Waals surface area (Å²) in [6, 6.07) is 0. The van der Waals surface area contributed by atoms with Crippen LogP contribution >= 0.6 is 24.0 Å². The molecule has 0 rings (SSSR count). The molecule has 0 saturated carbocycles. The first kappa shape index (κ1) is 14.4. The van der Waals surface area contributed by atoms with Gasteiger partial charge in [0, 0.05) is 12.4 Å². The third kappa shape index (κ3) is 12.5. The van der Waals surface area contributed by atoms with Crippen LogP contribution in [0.15, 0.2) is 0 Å². The molecule has 0 spiro atoms. The molecule has 0 aliphatic carbocycles. The highest BCUT2D eigenvalue weighted by atomic mass is 35.5. The van der Waals surface area contributed by atoms with Gasteiger partial charge in [0.2, 0.25) is 0 Å². The molecule has 0 atom stereocenters. The van der Waals surface area contributed by atoms with E-state index in [1.54, 1.807) is 0 Å². The second-order valence-electron chi connectivity index (χ2n) is 2.34. The Hall–Kier alpha value is -0.150. The van der Waals surface area contributed by atoms with E-state index in [1.807, 2.05) is 0 Å². The van der Waals surface area contributed by atoms with Gasteiger partial charge >= 0.3 is 6.09 Å². The maximum absolute atomic E-state index is 9.96. The fourth-order valence-corrected chi connectivity index (χ4v) is 0.957. The largest absolute Gasteiger partial charge is 0.465 e. The molecule has 0 heterocycles. The Balaban J connectivity index is 0. The smallest absolute Gasteiger partial charge is 0.404 e. The van der Waals surface area contributed by atoms with Crippen LogP contribution in [0.3, 0.4) is 0 Å². The van der Waals surface area contributed by atoms with Crippen LogP contribution in [0, 0.1) is 0 Å². The molecular formula is C7H15Cl2NO2. The highest BCUT2D eigenvalue weighted by molar-refractivity contribution is 6.17. The van der Waals surface area contributed by atoms with E-state index in [0.29, 0.717) is 12.4 Å². The number of carboxylic acid groups (broad SMARTS) is 1. The monoisotopic (exact) mass is 215 g/mol. The van der Waals surface area contributed by atoms with Crippen LogP contribution in [-0.2, 0) is 0 Å². The zero-order chi connectivity index (χ0) is 8.53. The Bertz CT molecular complexity index is 112. The van der Waals surface area contributed by atoms with E-state index >= 15 is 0 Å². The molecule has 2 N–H and O–H groups in total. The maximum atomic E-state index is 9.96. The number of carbonyl (C=O) groups is 1. The van der Waals surface area contributed by atoms with Gasteiger partial charge in [-0.15, -0.1) is 24.0 Å². The Morgan fingerprint density at radius 1 is 1.25 bits per heavy atom. The number of hydrogen-bond acceptors (Lipinski definition) is 1. The number of alkyl halides is 1. The van der Waals surface area contributed by atoms with Crippen LogP contribution in [-0.4, -0.2) is 23.6 Å². The molecule has 0 fully saturated rings. The second-order valence-corrected chi connectivity index (χ2v) is 2.71. The summed E-state index contributed by atoms with van der Waals surface area (Å²) in [5, 5.41) is 10.5. The number of amides is 1. The molecule has 0 saturated heterocycles. The molecule has 0 aromatic carbocycles. The molecule has 0 aromatic rings. The van der Waals surface area contributed by atoms with Crippen LogP contribution in [0.2, 0.25) is 0 Å². The number of hydrogen-bond donors (Lipinski definition) is 2. The van der Waals surface area contributed by atoms with Crippen LogP contribution < -0.4 is 5.32 Å². The van der Waals surface area contributed by atoms with Crippen molar-refractivity contribution in [3.8, 4) is 0 Å². The van der Waals surface area contributed by atoms with E-state index < -0.39 is 6.09 Å². The SMILES string of the molecule is Cl.O=C(O)NCCCCCCCl. The van der Waals surface area contributed by atoms with E-state index in [1.165, 1.54) is 0 Å². The molecule has 0 radical (unpaired) electrons. The lowest BCUT2D eigenvalue weighted by atomic mass is 10.2. The first-order valence-corrected chi connectivity index (χ1v) is 4.33. The van der Waals surface area contributed by atoms with Crippen molar-refractivity contribution < 1.29 is 9.90 Å². The Labute approximate surface area is 83.9 Å². The summed E-state index contributed by atoms with van der Waals surface area (Å²) in [5.41, 5.74) is 0. The fraction of sp³-hybridized carbons (Fsp3) is 0.857. The van der Waals surface area contributed by atoms with Gasteiger partial charge in [0.15, 0.2) is 0 Å². The van der Waals surface area contributed by atoms with Crippen molar-refractivity contribution in [3.63, 3.8) is 0 Å². The highest BCUT2D eigenvalue weighted by Gasteiger charge is 1.92. The van der Waals surface area contributed by atoms with E-state index in [9.17, 15) is 4.79 Å². The van der Waals surface area contributed by atoms with Gasteiger partial charge in [-0.05, 0) is 12.8 Å². The maximum Gasteiger partial charge on any atom is 0.404 e. The average Bonchev–Trinajstić information content (AvgIpc) is 1.96. The predicted molar refractivity (Wildman–Crippen MR) is 52.5 cm³/mol. The highest BCUT2D eigenvalue weighted by Crippen LogP contribution is 1.99. The topological polar surface area (TPSA) is 49.3 Å². The van der Waals surface area contributed by atoms with Gasteiger partial charge in [-0.25, -0.2) is 4.79 Å². The molecule has 74 valence electrons. The van der Waals surface area contributed by atoms with E-state index in [2.05, 4.69) is 5.32 Å². The van der Waals surface area contributed by atoms with Gasteiger partial charge in [-0.2, -0.15) is 0 Å². The fourth-order valence-electron chi connectivity index (χ4n) is 0.768. The zero-order valence-electron chi connectivity index (χ0n) is 6.88. The third-order valence-corrected chi connectivity index (χ3v) is 1.60. The lowest BCUT2D eigenvalue weighted by Crippen LogP contribution is -2.21. The van der Waals surface area contributed by atoms with Gasteiger partial charge in [-0.3, -0.25) is 0 Å². The van der Waals surface area contributed by atoms with Gasteiger partial charge < -0.3 is 10.4 Å². The molecule has 0 aliphatic rings. The normalized spacial score (nSPS) is 8.75. The van der Waals surface area contributed by atoms with Crippen molar-refractivity contribution in [3.05, 3.63) is 0 Å². The molecule has 3 nitrogen and oxygen atoms in total. The quantitative estimate of drug-likeness (QED) is 0.529. The predicted octanol–water partition coefficient (Wildman–Crippen LogP) is 2.48. The van der Waals surface area contributed by atoms with E-state index in [4.69, 9.17) is 16.7 Å². The van der Waals surface area contributed by atoms with Crippen molar-refractivity contribution in [2.75, 3.05) is 12.4 Å². The van der Waals surface area contributed by atoms with Crippen LogP contribution in [0.1, 0.15) is 25.7 Å². The number of nitrogens with one attached hydrogen (secondary N) is 1. The first-order valence-electron chi connectivity index (χ1n) is 3.80. The third-order valence-electron chi connectivity index (χ3n) is 1.34. The Morgan fingerprint density at radius 2 is 1.83 bits per heavy atom.